The zero-order valence-corrected chi connectivity index (χ0v) is 20.1. The molecule has 4 rings (SSSR count). The molecule has 0 aliphatic heterocycles. The predicted molar refractivity (Wildman–Crippen MR) is 131 cm³/mol. The fourth-order valence-corrected chi connectivity index (χ4v) is 3.56. The van der Waals surface area contributed by atoms with E-state index in [-0.39, 0.29) is 41.4 Å². The molecule has 2 aromatic heterocycles. The van der Waals surface area contributed by atoms with Gasteiger partial charge in [0.25, 0.3) is 5.56 Å². The molecule has 0 saturated heterocycles. The van der Waals surface area contributed by atoms with Gasteiger partial charge in [0.1, 0.15) is 0 Å². The minimum atomic E-state index is -4.42. The summed E-state index contributed by atoms with van der Waals surface area (Å²) in [6, 6.07) is 11.6. The standard InChI is InChI=1S/C25H25F3N6O3/c1-24(2,14-30-22-17-5-3-4-6-18(17)23(36)33-32-22)13-29-19(35)11-12-20-31-21(34-37-20)15-7-9-16(10-8-15)25(26,27)28/h3-10H,11-14H2,1-2H3,(H,29,35)(H,30,32)(H,33,36). The van der Waals surface area contributed by atoms with Gasteiger partial charge in [-0.1, -0.05) is 49.3 Å². The van der Waals surface area contributed by atoms with Crippen LogP contribution in [0.3, 0.4) is 0 Å². The highest BCUT2D eigenvalue weighted by molar-refractivity contribution is 5.90. The van der Waals surface area contributed by atoms with E-state index in [1.807, 2.05) is 26.0 Å². The summed E-state index contributed by atoms with van der Waals surface area (Å²) in [5.41, 5.74) is -0.987. The molecular formula is C25H25F3N6O3. The average Bonchev–Trinajstić information content (AvgIpc) is 3.35. The molecule has 2 heterocycles. The van der Waals surface area contributed by atoms with Crippen molar-refractivity contribution in [3.63, 3.8) is 0 Å². The summed E-state index contributed by atoms with van der Waals surface area (Å²) in [6.45, 7) is 4.81. The van der Waals surface area contributed by atoms with Crippen molar-refractivity contribution in [3.05, 3.63) is 70.3 Å². The number of nitrogens with zero attached hydrogens (tertiary/aromatic N) is 3. The van der Waals surface area contributed by atoms with Gasteiger partial charge in [-0.15, -0.1) is 0 Å². The largest absolute Gasteiger partial charge is 0.416 e. The molecule has 0 atom stereocenters. The van der Waals surface area contributed by atoms with Crippen LogP contribution in [0, 0.1) is 5.41 Å². The summed E-state index contributed by atoms with van der Waals surface area (Å²) in [6.07, 6.45) is -4.14. The molecule has 0 unspecified atom stereocenters. The van der Waals surface area contributed by atoms with Crippen LogP contribution in [0.15, 0.2) is 57.8 Å². The Morgan fingerprint density at radius 3 is 2.43 bits per heavy atom. The number of benzene rings is 2. The Labute approximate surface area is 209 Å². The molecule has 0 fully saturated rings. The number of rotatable bonds is 9. The van der Waals surface area contributed by atoms with E-state index < -0.39 is 11.7 Å². The minimum Gasteiger partial charge on any atom is -0.368 e. The highest BCUT2D eigenvalue weighted by Crippen LogP contribution is 2.30. The molecular weight excluding hydrogens is 489 g/mol. The highest BCUT2D eigenvalue weighted by atomic mass is 19.4. The van der Waals surface area contributed by atoms with E-state index in [0.717, 1.165) is 12.1 Å². The number of hydrogen-bond donors (Lipinski definition) is 3. The van der Waals surface area contributed by atoms with Crippen LogP contribution in [0.1, 0.15) is 31.7 Å². The topological polar surface area (TPSA) is 126 Å². The van der Waals surface area contributed by atoms with Gasteiger partial charge in [0.2, 0.25) is 17.6 Å². The fraction of sp³-hybridized carbons (Fsp3) is 0.320. The number of anilines is 1. The summed E-state index contributed by atoms with van der Waals surface area (Å²) in [5.74, 6) is 0.701. The van der Waals surface area contributed by atoms with Crippen LogP contribution in [0.4, 0.5) is 19.0 Å². The third kappa shape index (κ3) is 6.51. The van der Waals surface area contributed by atoms with Crippen molar-refractivity contribution < 1.29 is 22.5 Å². The van der Waals surface area contributed by atoms with Crippen molar-refractivity contribution in [3.8, 4) is 11.4 Å². The third-order valence-corrected chi connectivity index (χ3v) is 5.70. The van der Waals surface area contributed by atoms with Gasteiger partial charge in [-0.3, -0.25) is 9.59 Å². The number of aromatic amines is 1. The number of carbonyl (C=O) groups is 1. The van der Waals surface area contributed by atoms with Gasteiger partial charge in [0, 0.05) is 36.9 Å². The first kappa shape index (κ1) is 25.9. The zero-order valence-electron chi connectivity index (χ0n) is 20.1. The monoisotopic (exact) mass is 514 g/mol. The number of aryl methyl sites for hydroxylation is 1. The first-order chi connectivity index (χ1) is 17.5. The number of carbonyl (C=O) groups excluding carboxylic acids is 1. The van der Waals surface area contributed by atoms with Crippen LogP contribution in [0.25, 0.3) is 22.2 Å². The Morgan fingerprint density at radius 1 is 1.03 bits per heavy atom. The quantitative estimate of drug-likeness (QED) is 0.306. The van der Waals surface area contributed by atoms with E-state index >= 15 is 0 Å². The molecule has 1 amide bonds. The van der Waals surface area contributed by atoms with Crippen molar-refractivity contribution in [1.29, 1.82) is 0 Å². The molecule has 194 valence electrons. The summed E-state index contributed by atoms with van der Waals surface area (Å²) in [7, 11) is 0. The van der Waals surface area contributed by atoms with E-state index in [1.54, 1.807) is 12.1 Å². The van der Waals surface area contributed by atoms with E-state index in [4.69, 9.17) is 4.52 Å². The van der Waals surface area contributed by atoms with Gasteiger partial charge in [-0.05, 0) is 23.6 Å². The van der Waals surface area contributed by atoms with E-state index in [2.05, 4.69) is 31.0 Å². The Morgan fingerprint density at radius 2 is 1.73 bits per heavy atom. The van der Waals surface area contributed by atoms with Gasteiger partial charge < -0.3 is 15.2 Å². The second kappa shape index (κ2) is 10.4. The molecule has 0 radical (unpaired) electrons. The third-order valence-electron chi connectivity index (χ3n) is 5.70. The molecule has 2 aromatic carbocycles. The average molecular weight is 515 g/mol. The van der Waals surface area contributed by atoms with Crippen LogP contribution in [0.5, 0.6) is 0 Å². The molecule has 12 heteroatoms. The number of H-pyrrole nitrogens is 1. The minimum absolute atomic E-state index is 0.101. The Kier molecular flexibility index (Phi) is 7.28. The maximum Gasteiger partial charge on any atom is 0.416 e. The number of alkyl halides is 3. The SMILES string of the molecule is CC(C)(CNC(=O)CCc1nc(-c2ccc(C(F)(F)F)cc2)no1)CNc1n[nH]c(=O)c2ccccc12. The number of nitrogens with one attached hydrogen (secondary N) is 3. The van der Waals surface area contributed by atoms with Crippen LogP contribution >= 0.6 is 0 Å². The van der Waals surface area contributed by atoms with Gasteiger partial charge in [-0.2, -0.15) is 23.3 Å². The number of aromatic nitrogens is 4. The number of halogens is 3. The smallest absolute Gasteiger partial charge is 0.368 e. The van der Waals surface area contributed by atoms with Crippen molar-refractivity contribution in [2.75, 3.05) is 18.4 Å². The highest BCUT2D eigenvalue weighted by Gasteiger charge is 2.30. The Bertz CT molecular complexity index is 1440. The van der Waals surface area contributed by atoms with Crippen molar-refractivity contribution in [1.82, 2.24) is 25.7 Å². The van der Waals surface area contributed by atoms with Crippen LogP contribution in [-0.2, 0) is 17.4 Å². The van der Waals surface area contributed by atoms with Crippen molar-refractivity contribution in [2.45, 2.75) is 32.9 Å². The summed E-state index contributed by atoms with van der Waals surface area (Å²) >= 11 is 0. The lowest BCUT2D eigenvalue weighted by Gasteiger charge is -2.25. The lowest BCUT2D eigenvalue weighted by atomic mass is 9.93. The van der Waals surface area contributed by atoms with Gasteiger partial charge in [0.05, 0.1) is 10.9 Å². The first-order valence-corrected chi connectivity index (χ1v) is 11.5. The Balaban J connectivity index is 1.26. The summed E-state index contributed by atoms with van der Waals surface area (Å²) < 4.78 is 43.3. The maximum atomic E-state index is 12.7. The fourth-order valence-electron chi connectivity index (χ4n) is 3.56. The summed E-state index contributed by atoms with van der Waals surface area (Å²) in [5, 5.41) is 17.7. The normalized spacial score (nSPS) is 12.0. The van der Waals surface area contributed by atoms with Crippen molar-refractivity contribution in [2.24, 2.45) is 5.41 Å². The van der Waals surface area contributed by atoms with Crippen LogP contribution < -0.4 is 16.2 Å². The lowest BCUT2D eigenvalue weighted by Crippen LogP contribution is -2.38. The second-order valence-electron chi connectivity index (χ2n) is 9.33. The second-order valence-corrected chi connectivity index (χ2v) is 9.33. The van der Waals surface area contributed by atoms with Gasteiger partial charge in [-0.25, -0.2) is 5.10 Å². The molecule has 0 aliphatic rings. The predicted octanol–water partition coefficient (Wildman–Crippen LogP) is 4.18. The number of fused-ring (bicyclic) bond motifs is 1. The first-order valence-electron chi connectivity index (χ1n) is 11.5. The lowest BCUT2D eigenvalue weighted by molar-refractivity contribution is -0.137. The van der Waals surface area contributed by atoms with E-state index in [0.29, 0.717) is 35.2 Å². The Hall–Kier alpha value is -4.22. The van der Waals surface area contributed by atoms with Crippen LogP contribution in [0.2, 0.25) is 0 Å². The maximum absolute atomic E-state index is 12.7. The molecule has 3 N–H and O–H groups in total. The zero-order chi connectivity index (χ0) is 26.6. The van der Waals surface area contributed by atoms with E-state index in [9.17, 15) is 22.8 Å². The molecule has 0 bridgehead atoms. The molecule has 0 saturated carbocycles. The van der Waals surface area contributed by atoms with Crippen LogP contribution in [-0.4, -0.2) is 39.3 Å². The molecule has 9 nitrogen and oxygen atoms in total. The number of hydrogen-bond acceptors (Lipinski definition) is 7. The van der Waals surface area contributed by atoms with E-state index in [1.165, 1.54) is 12.1 Å². The van der Waals surface area contributed by atoms with Gasteiger partial charge >= 0.3 is 6.18 Å². The summed E-state index contributed by atoms with van der Waals surface area (Å²) in [4.78, 5) is 28.5. The van der Waals surface area contributed by atoms with Gasteiger partial charge in [0.15, 0.2) is 5.82 Å². The molecule has 0 spiro atoms. The number of amides is 1. The molecule has 0 aliphatic carbocycles. The molecule has 4 aromatic rings. The molecule has 37 heavy (non-hydrogen) atoms. The van der Waals surface area contributed by atoms with Crippen molar-refractivity contribution >= 4 is 22.5 Å².